The fourth-order valence-electron chi connectivity index (χ4n) is 7.03. The number of morpholine rings is 1. The number of hydrogen-bond donors (Lipinski definition) is 1. The van der Waals surface area contributed by atoms with Crippen LogP contribution >= 0.6 is 0 Å². The third-order valence-corrected chi connectivity index (χ3v) is 8.86. The second-order valence-corrected chi connectivity index (χ2v) is 10.9. The highest BCUT2D eigenvalue weighted by Crippen LogP contribution is 2.42. The van der Waals surface area contributed by atoms with Crippen molar-refractivity contribution in [2.24, 2.45) is 0 Å². The van der Waals surface area contributed by atoms with Crippen molar-refractivity contribution in [2.75, 3.05) is 13.2 Å². The van der Waals surface area contributed by atoms with Gasteiger partial charge in [-0.3, -0.25) is 15.0 Å². The number of pyridine rings is 1. The summed E-state index contributed by atoms with van der Waals surface area (Å²) in [6.07, 6.45) is 13.4. The summed E-state index contributed by atoms with van der Waals surface area (Å²) in [6, 6.07) is 10.6. The number of benzene rings is 1. The van der Waals surface area contributed by atoms with Crippen LogP contribution in [-0.2, 0) is 4.74 Å². The van der Waals surface area contributed by atoms with Gasteiger partial charge < -0.3 is 4.74 Å². The van der Waals surface area contributed by atoms with Gasteiger partial charge in [-0.25, -0.2) is 13.9 Å². The molecule has 2 aliphatic heterocycles. The lowest BCUT2D eigenvalue weighted by atomic mass is 9.83. The van der Waals surface area contributed by atoms with Crippen molar-refractivity contribution in [1.29, 1.82) is 0 Å². The fourth-order valence-corrected chi connectivity index (χ4v) is 7.03. The number of hydrogen-bond acceptors (Lipinski definition) is 6. The molecule has 2 atom stereocenters. The molecule has 1 aromatic carbocycles. The molecule has 1 N–H and O–H groups in total. The molecule has 0 amide bonds. The average Bonchev–Trinajstić information content (AvgIpc) is 3.77. The van der Waals surface area contributed by atoms with E-state index < -0.39 is 0 Å². The van der Waals surface area contributed by atoms with E-state index in [2.05, 4.69) is 26.1 Å². The monoisotopic (exact) mass is 509 g/mol. The first-order valence-electron chi connectivity index (χ1n) is 13.5. The number of H-pyrrole nitrogens is 1. The molecule has 1 saturated carbocycles. The van der Waals surface area contributed by atoms with Gasteiger partial charge in [-0.1, -0.05) is 6.07 Å². The second kappa shape index (κ2) is 8.68. The molecule has 1 aliphatic carbocycles. The van der Waals surface area contributed by atoms with E-state index in [9.17, 15) is 4.39 Å². The van der Waals surface area contributed by atoms with Gasteiger partial charge in [-0.15, -0.1) is 0 Å². The Labute approximate surface area is 218 Å². The summed E-state index contributed by atoms with van der Waals surface area (Å²) in [6.45, 7) is 1.99. The lowest BCUT2D eigenvalue weighted by Crippen LogP contribution is -2.45. The molecule has 8 nitrogen and oxygen atoms in total. The highest BCUT2D eigenvalue weighted by atomic mass is 19.1. The second-order valence-electron chi connectivity index (χ2n) is 10.9. The molecule has 9 heteroatoms. The maximum Gasteiger partial charge on any atom is 0.163 e. The fraction of sp³-hybridized carbons (Fsp3) is 0.379. The lowest BCUT2D eigenvalue weighted by Gasteiger charge is -2.39. The van der Waals surface area contributed by atoms with Crippen LogP contribution in [0.15, 0.2) is 55.1 Å². The minimum Gasteiger partial charge on any atom is -0.375 e. The Balaban J connectivity index is 1.21. The van der Waals surface area contributed by atoms with Crippen molar-refractivity contribution < 1.29 is 9.13 Å². The molecule has 38 heavy (non-hydrogen) atoms. The number of halogens is 1. The minimum atomic E-state index is -0.327. The largest absolute Gasteiger partial charge is 0.375 e. The SMILES string of the molecule is Fc1ccc(-c2c(-c3ccncc3)nn3c2nccc3[C@H]2CC[C@@H](N3C[C@@H]4C[C@H]3CO4)CC2)c2cn[nH]c12. The predicted octanol–water partition coefficient (Wildman–Crippen LogP) is 4.97. The van der Waals surface area contributed by atoms with Crippen molar-refractivity contribution in [3.63, 3.8) is 0 Å². The number of fused-ring (bicyclic) bond motifs is 4. The summed E-state index contributed by atoms with van der Waals surface area (Å²) in [5.41, 5.74) is 5.85. The zero-order valence-electron chi connectivity index (χ0n) is 20.9. The maximum absolute atomic E-state index is 14.6. The zero-order chi connectivity index (χ0) is 25.2. The third-order valence-electron chi connectivity index (χ3n) is 8.86. The van der Waals surface area contributed by atoms with E-state index >= 15 is 0 Å². The standard InChI is InChI=1S/C29H28FN7O/c30-24-6-5-22(23-14-33-34-28(23)24)26-27(18-7-10-31-11-8-18)35-37-25(9-12-32-29(26)37)17-1-3-19(4-2-17)36-15-21-13-20(36)16-38-21/h5-12,14,17,19-21H,1-4,13,15-16H2,(H,33,34)/t17-,19+,20-,21-/m0/s1. The van der Waals surface area contributed by atoms with Crippen LogP contribution in [0.4, 0.5) is 4.39 Å². The summed E-state index contributed by atoms with van der Waals surface area (Å²) in [5.74, 6) is 0.0828. The van der Waals surface area contributed by atoms with Crippen LogP contribution < -0.4 is 0 Å². The summed E-state index contributed by atoms with van der Waals surface area (Å²) in [5, 5.41) is 12.8. The Morgan fingerprint density at radius 1 is 0.974 bits per heavy atom. The van der Waals surface area contributed by atoms with Crippen molar-refractivity contribution in [3.05, 3.63) is 66.6 Å². The van der Waals surface area contributed by atoms with E-state index in [1.165, 1.54) is 31.0 Å². The molecule has 2 bridgehead atoms. The molecule has 4 aromatic heterocycles. The molecular weight excluding hydrogens is 481 g/mol. The van der Waals surface area contributed by atoms with Crippen LogP contribution in [0.25, 0.3) is 38.9 Å². The smallest absolute Gasteiger partial charge is 0.163 e. The molecule has 6 heterocycles. The van der Waals surface area contributed by atoms with Crippen LogP contribution in [0.1, 0.15) is 43.7 Å². The van der Waals surface area contributed by atoms with Gasteiger partial charge in [-0.05, 0) is 61.9 Å². The van der Waals surface area contributed by atoms with Gasteiger partial charge in [0.25, 0.3) is 0 Å². The lowest BCUT2D eigenvalue weighted by molar-refractivity contribution is 0.00262. The van der Waals surface area contributed by atoms with Crippen LogP contribution in [-0.4, -0.2) is 66.0 Å². The summed E-state index contributed by atoms with van der Waals surface area (Å²) in [4.78, 5) is 11.7. The van der Waals surface area contributed by atoms with Crippen LogP contribution in [0, 0.1) is 5.82 Å². The van der Waals surface area contributed by atoms with Crippen LogP contribution in [0.5, 0.6) is 0 Å². The van der Waals surface area contributed by atoms with Gasteiger partial charge in [0.1, 0.15) is 17.0 Å². The molecular formula is C29H28FN7O. The Morgan fingerprint density at radius 2 is 1.84 bits per heavy atom. The number of aromatic nitrogens is 6. The third kappa shape index (κ3) is 3.41. The van der Waals surface area contributed by atoms with E-state index in [4.69, 9.17) is 14.8 Å². The summed E-state index contributed by atoms with van der Waals surface area (Å²) < 4.78 is 22.4. The average molecular weight is 510 g/mol. The van der Waals surface area contributed by atoms with Gasteiger partial charge in [0.15, 0.2) is 5.65 Å². The quantitative estimate of drug-likeness (QED) is 0.368. The maximum atomic E-state index is 14.6. The molecule has 0 spiro atoms. The number of aromatic amines is 1. The normalized spacial score (nSPS) is 25.6. The highest BCUT2D eigenvalue weighted by molar-refractivity contribution is 6.02. The first-order valence-corrected chi connectivity index (χ1v) is 13.5. The van der Waals surface area contributed by atoms with Crippen molar-refractivity contribution >= 4 is 16.6 Å². The van der Waals surface area contributed by atoms with E-state index in [0.717, 1.165) is 54.0 Å². The molecule has 0 radical (unpaired) electrons. The van der Waals surface area contributed by atoms with Crippen molar-refractivity contribution in [3.8, 4) is 22.4 Å². The Morgan fingerprint density at radius 3 is 2.63 bits per heavy atom. The first-order chi connectivity index (χ1) is 18.7. The minimum absolute atomic E-state index is 0.327. The van der Waals surface area contributed by atoms with Crippen LogP contribution in [0.3, 0.4) is 0 Å². The number of ether oxygens (including phenoxy) is 1. The number of rotatable bonds is 4. The molecule has 3 aliphatic rings. The van der Waals surface area contributed by atoms with E-state index in [1.807, 2.05) is 28.9 Å². The molecule has 8 rings (SSSR count). The van der Waals surface area contributed by atoms with Gasteiger partial charge in [0, 0.05) is 59.8 Å². The van der Waals surface area contributed by atoms with Crippen LogP contribution in [0.2, 0.25) is 0 Å². The molecule has 5 aromatic rings. The number of nitrogens with one attached hydrogen (secondary N) is 1. The van der Waals surface area contributed by atoms with Crippen molar-refractivity contribution in [1.82, 2.24) is 34.7 Å². The molecule has 0 unspecified atom stereocenters. The first kappa shape index (κ1) is 22.3. The number of nitrogens with zero attached hydrogens (tertiary/aromatic N) is 6. The van der Waals surface area contributed by atoms with Gasteiger partial charge in [-0.2, -0.15) is 10.2 Å². The Bertz CT molecular complexity index is 1640. The molecule has 3 fully saturated rings. The van der Waals surface area contributed by atoms with E-state index in [-0.39, 0.29) is 5.82 Å². The van der Waals surface area contributed by atoms with Crippen molar-refractivity contribution in [2.45, 2.75) is 56.2 Å². The Kier molecular flexibility index (Phi) is 5.09. The Hall–Kier alpha value is -3.69. The predicted molar refractivity (Wildman–Crippen MR) is 141 cm³/mol. The highest BCUT2D eigenvalue weighted by Gasteiger charge is 2.43. The van der Waals surface area contributed by atoms with E-state index in [0.29, 0.717) is 35.0 Å². The summed E-state index contributed by atoms with van der Waals surface area (Å²) in [7, 11) is 0. The molecule has 2 saturated heterocycles. The number of likely N-dealkylation sites (tertiary alicyclic amines) is 1. The molecule has 192 valence electrons. The zero-order valence-corrected chi connectivity index (χ0v) is 20.9. The van der Waals surface area contributed by atoms with Gasteiger partial charge in [0.2, 0.25) is 0 Å². The summed E-state index contributed by atoms with van der Waals surface area (Å²) >= 11 is 0. The topological polar surface area (TPSA) is 84.2 Å². The van der Waals surface area contributed by atoms with E-state index in [1.54, 1.807) is 18.6 Å². The van der Waals surface area contributed by atoms with Gasteiger partial charge in [0.05, 0.1) is 24.5 Å². The van der Waals surface area contributed by atoms with Gasteiger partial charge >= 0.3 is 0 Å².